The third-order valence-corrected chi connectivity index (χ3v) is 3.83. The first-order valence-electron chi connectivity index (χ1n) is 7.08. The Balaban J connectivity index is 2.42. The number of rotatable bonds is 6. The van der Waals surface area contributed by atoms with Crippen LogP contribution in [-0.2, 0) is 4.79 Å². The Bertz CT molecular complexity index is 543. The van der Waals surface area contributed by atoms with Crippen molar-refractivity contribution >= 4 is 5.97 Å². The van der Waals surface area contributed by atoms with E-state index in [2.05, 4.69) is 0 Å². The zero-order valence-electron chi connectivity index (χ0n) is 12.2. The third kappa shape index (κ3) is 3.15. The zero-order chi connectivity index (χ0) is 15.4. The van der Waals surface area contributed by atoms with Gasteiger partial charge in [-0.25, -0.2) is 0 Å². The summed E-state index contributed by atoms with van der Waals surface area (Å²) in [4.78, 5) is 22.8. The average molecular weight is 293 g/mol. The third-order valence-electron chi connectivity index (χ3n) is 3.83. The number of methoxy groups -OCH3 is 1. The molecule has 1 heterocycles. The molecule has 0 aromatic heterocycles. The second-order valence-electron chi connectivity index (χ2n) is 5.17. The van der Waals surface area contributed by atoms with Crippen LogP contribution in [0.5, 0.6) is 11.5 Å². The smallest absolute Gasteiger partial charge is 0.315 e. The zero-order valence-corrected chi connectivity index (χ0v) is 12.2. The summed E-state index contributed by atoms with van der Waals surface area (Å²) in [7, 11) is 1.48. The first-order chi connectivity index (χ1) is 10.1. The number of hydrogen-bond donors (Lipinski definition) is 0. The normalized spacial score (nSPS) is 20.6. The van der Waals surface area contributed by atoms with E-state index in [0.29, 0.717) is 23.5 Å². The number of benzene rings is 1. The lowest BCUT2D eigenvalue weighted by molar-refractivity contribution is -0.484. The van der Waals surface area contributed by atoms with Crippen LogP contribution in [0.3, 0.4) is 0 Å². The topological polar surface area (TPSA) is 78.7 Å². The predicted octanol–water partition coefficient (Wildman–Crippen LogP) is 2.78. The minimum Gasteiger partial charge on any atom is -0.493 e. The lowest BCUT2D eigenvalue weighted by Gasteiger charge is -2.30. The molecule has 1 aliphatic heterocycles. The van der Waals surface area contributed by atoms with E-state index < -0.39 is 17.8 Å². The number of esters is 1. The van der Waals surface area contributed by atoms with Gasteiger partial charge in [-0.15, -0.1) is 0 Å². The quantitative estimate of drug-likeness (QED) is 0.349. The Morgan fingerprint density at radius 3 is 2.76 bits per heavy atom. The second kappa shape index (κ2) is 6.56. The van der Waals surface area contributed by atoms with Crippen molar-refractivity contribution in [3.63, 3.8) is 0 Å². The molecular weight excluding hydrogens is 274 g/mol. The van der Waals surface area contributed by atoms with Crippen LogP contribution in [0.15, 0.2) is 18.2 Å². The molecule has 0 radical (unpaired) electrons. The molecule has 0 aliphatic carbocycles. The predicted molar refractivity (Wildman–Crippen MR) is 76.2 cm³/mol. The number of unbranched alkanes of at least 4 members (excludes halogenated alkanes) is 1. The van der Waals surface area contributed by atoms with Gasteiger partial charge in [0.25, 0.3) is 0 Å². The van der Waals surface area contributed by atoms with Gasteiger partial charge in [-0.05, 0) is 12.5 Å². The molecule has 0 bridgehead atoms. The van der Waals surface area contributed by atoms with Crippen LogP contribution in [0, 0.1) is 16.0 Å². The van der Waals surface area contributed by atoms with E-state index in [-0.39, 0.29) is 11.5 Å². The number of carbonyl (C=O) groups is 1. The molecule has 114 valence electrons. The minimum absolute atomic E-state index is 0.274. The van der Waals surface area contributed by atoms with Gasteiger partial charge in [-0.2, -0.15) is 0 Å². The summed E-state index contributed by atoms with van der Waals surface area (Å²) in [5, 5.41) is 11.0. The van der Waals surface area contributed by atoms with E-state index in [9.17, 15) is 14.9 Å². The van der Waals surface area contributed by atoms with Gasteiger partial charge >= 0.3 is 5.97 Å². The molecule has 0 saturated carbocycles. The maximum absolute atomic E-state index is 12.2. The molecule has 0 fully saturated rings. The van der Waals surface area contributed by atoms with Crippen LogP contribution in [0.4, 0.5) is 0 Å². The van der Waals surface area contributed by atoms with E-state index in [1.807, 2.05) is 6.92 Å². The first-order valence-corrected chi connectivity index (χ1v) is 7.08. The number of carbonyl (C=O) groups excluding carboxylic acids is 1. The Morgan fingerprint density at radius 2 is 2.14 bits per heavy atom. The molecule has 1 aliphatic rings. The Kier molecular flexibility index (Phi) is 4.77. The molecule has 2 rings (SSSR count). The highest BCUT2D eigenvalue weighted by molar-refractivity contribution is 5.80. The molecule has 0 amide bonds. The van der Waals surface area contributed by atoms with Gasteiger partial charge in [-0.3, -0.25) is 14.9 Å². The summed E-state index contributed by atoms with van der Waals surface area (Å²) in [5.74, 6) is -0.562. The SMILES string of the molecule is CCCCC1C(=O)Oc2c(OC)cccc2C1C[N+](=O)[O-]. The maximum Gasteiger partial charge on any atom is 0.315 e. The minimum atomic E-state index is -0.463. The fraction of sp³-hybridized carbons (Fsp3) is 0.533. The molecule has 1 aromatic rings. The fourth-order valence-corrected chi connectivity index (χ4v) is 2.78. The van der Waals surface area contributed by atoms with E-state index in [1.165, 1.54) is 7.11 Å². The van der Waals surface area contributed by atoms with Gasteiger partial charge in [-0.1, -0.05) is 31.9 Å². The van der Waals surface area contributed by atoms with Crippen molar-refractivity contribution in [1.29, 1.82) is 0 Å². The number of nitro groups is 1. The molecule has 6 heteroatoms. The highest BCUT2D eigenvalue weighted by Crippen LogP contribution is 2.44. The van der Waals surface area contributed by atoms with E-state index in [4.69, 9.17) is 9.47 Å². The van der Waals surface area contributed by atoms with Crippen molar-refractivity contribution in [3.05, 3.63) is 33.9 Å². The van der Waals surface area contributed by atoms with Gasteiger partial charge in [0.05, 0.1) is 18.9 Å². The maximum atomic E-state index is 12.2. The molecule has 1 aromatic carbocycles. The van der Waals surface area contributed by atoms with E-state index in [1.54, 1.807) is 18.2 Å². The number of hydrogen-bond acceptors (Lipinski definition) is 5. The van der Waals surface area contributed by atoms with E-state index >= 15 is 0 Å². The largest absolute Gasteiger partial charge is 0.493 e. The molecule has 0 spiro atoms. The molecule has 2 unspecified atom stereocenters. The first kappa shape index (κ1) is 15.3. The molecule has 0 N–H and O–H groups in total. The van der Waals surface area contributed by atoms with Gasteiger partial charge in [0.15, 0.2) is 11.5 Å². The average Bonchev–Trinajstić information content (AvgIpc) is 2.45. The summed E-state index contributed by atoms with van der Waals surface area (Å²) in [6, 6.07) is 5.22. The molecular formula is C15H19NO5. The summed E-state index contributed by atoms with van der Waals surface area (Å²) in [6.45, 7) is 1.75. The van der Waals surface area contributed by atoms with Crippen molar-refractivity contribution in [2.75, 3.05) is 13.7 Å². The lowest BCUT2D eigenvalue weighted by Crippen LogP contribution is -2.35. The van der Waals surface area contributed by atoms with Crippen LogP contribution >= 0.6 is 0 Å². The standard InChI is InChI=1S/C15H19NO5/c1-3-4-6-11-12(9-16(18)19)10-7-5-8-13(20-2)14(10)21-15(11)17/h5,7-8,11-12H,3-4,6,9H2,1-2H3. The number of para-hydroxylation sites is 1. The number of fused-ring (bicyclic) bond motifs is 1. The number of ether oxygens (including phenoxy) is 2. The summed E-state index contributed by atoms with van der Waals surface area (Å²) >= 11 is 0. The van der Waals surface area contributed by atoms with Crippen LogP contribution in [0.25, 0.3) is 0 Å². The van der Waals surface area contributed by atoms with Crippen molar-refractivity contribution in [2.24, 2.45) is 5.92 Å². The van der Waals surface area contributed by atoms with Crippen molar-refractivity contribution in [3.8, 4) is 11.5 Å². The molecule has 6 nitrogen and oxygen atoms in total. The van der Waals surface area contributed by atoms with Gasteiger partial charge in [0, 0.05) is 10.5 Å². The number of nitrogens with zero attached hydrogens (tertiary/aromatic N) is 1. The second-order valence-corrected chi connectivity index (χ2v) is 5.17. The Morgan fingerprint density at radius 1 is 1.38 bits per heavy atom. The molecule has 0 saturated heterocycles. The van der Waals surface area contributed by atoms with Crippen LogP contribution in [0.2, 0.25) is 0 Å². The van der Waals surface area contributed by atoms with Crippen LogP contribution in [0.1, 0.15) is 37.7 Å². The summed E-state index contributed by atoms with van der Waals surface area (Å²) in [5.41, 5.74) is 0.687. The van der Waals surface area contributed by atoms with Crippen molar-refractivity contribution < 1.29 is 19.2 Å². The summed E-state index contributed by atoms with van der Waals surface area (Å²) in [6.07, 6.45) is 2.37. The van der Waals surface area contributed by atoms with Crippen LogP contribution < -0.4 is 9.47 Å². The monoisotopic (exact) mass is 293 g/mol. The summed E-state index contributed by atoms with van der Waals surface area (Å²) < 4.78 is 10.6. The van der Waals surface area contributed by atoms with Gasteiger partial charge in [0.2, 0.25) is 6.54 Å². The van der Waals surface area contributed by atoms with Gasteiger partial charge in [0.1, 0.15) is 0 Å². The van der Waals surface area contributed by atoms with Crippen LogP contribution in [-0.4, -0.2) is 24.5 Å². The molecule has 2 atom stereocenters. The Labute approximate surface area is 123 Å². The van der Waals surface area contributed by atoms with Crippen molar-refractivity contribution in [2.45, 2.75) is 32.1 Å². The Hall–Kier alpha value is -2.11. The van der Waals surface area contributed by atoms with Gasteiger partial charge < -0.3 is 9.47 Å². The highest BCUT2D eigenvalue weighted by Gasteiger charge is 2.41. The molecule has 21 heavy (non-hydrogen) atoms. The lowest BCUT2D eigenvalue weighted by atomic mass is 9.80. The van der Waals surface area contributed by atoms with Crippen molar-refractivity contribution in [1.82, 2.24) is 0 Å². The van der Waals surface area contributed by atoms with E-state index in [0.717, 1.165) is 12.8 Å². The highest BCUT2D eigenvalue weighted by atomic mass is 16.6. The fourth-order valence-electron chi connectivity index (χ4n) is 2.78.